The van der Waals surface area contributed by atoms with Crippen molar-refractivity contribution in [1.82, 2.24) is 0 Å². The van der Waals surface area contributed by atoms with E-state index in [0.29, 0.717) is 12.4 Å². The van der Waals surface area contributed by atoms with E-state index in [9.17, 15) is 18.0 Å². The molecule has 5 nitrogen and oxygen atoms in total. The van der Waals surface area contributed by atoms with Crippen LogP contribution >= 0.6 is 11.8 Å². The molecule has 0 fully saturated rings. The number of halogens is 3. The Balaban J connectivity index is 1.83. The largest absolute Gasteiger partial charge is 0.482 e. The summed E-state index contributed by atoms with van der Waals surface area (Å²) < 4.78 is 49.6. The van der Waals surface area contributed by atoms with E-state index in [1.807, 2.05) is 32.9 Å². The maximum atomic E-state index is 13.1. The van der Waals surface area contributed by atoms with Gasteiger partial charge >= 0.3 is 12.1 Å². The predicted octanol–water partition coefficient (Wildman–Crippen LogP) is 6.65. The summed E-state index contributed by atoms with van der Waals surface area (Å²) in [5.41, 5.74) is 0.970. The van der Waals surface area contributed by atoms with Gasteiger partial charge in [-0.05, 0) is 69.2 Å². The highest BCUT2D eigenvalue weighted by Gasteiger charge is 2.38. The molecule has 3 atom stereocenters. The number of nitrogens with zero attached hydrogens (tertiary/aromatic N) is 2. The van der Waals surface area contributed by atoms with E-state index in [1.54, 1.807) is 36.9 Å². The fourth-order valence-electron chi connectivity index (χ4n) is 3.85. The zero-order valence-electron chi connectivity index (χ0n) is 18.9. The zero-order valence-corrected chi connectivity index (χ0v) is 19.7. The number of carbonyl (C=O) groups excluding carboxylic acids is 1. The van der Waals surface area contributed by atoms with Crippen LogP contribution in [0.15, 0.2) is 57.6 Å². The molecule has 0 bridgehead atoms. The Hall–Kier alpha value is -2.55. The van der Waals surface area contributed by atoms with Crippen LogP contribution in [0, 0.1) is 12.8 Å². The lowest BCUT2D eigenvalue weighted by molar-refractivity contribution is -0.145. The molecule has 178 valence electrons. The summed E-state index contributed by atoms with van der Waals surface area (Å²) in [6.45, 7) is 7.69. The number of azo groups is 1. The third-order valence-electron chi connectivity index (χ3n) is 5.52. The lowest BCUT2D eigenvalue weighted by atomic mass is 9.88. The van der Waals surface area contributed by atoms with Crippen LogP contribution in [0.3, 0.4) is 0 Å². The lowest BCUT2D eigenvalue weighted by Crippen LogP contribution is -2.25. The van der Waals surface area contributed by atoms with Crippen LogP contribution in [0.2, 0.25) is 0 Å². The van der Waals surface area contributed by atoms with E-state index in [0.717, 1.165) is 28.2 Å². The Labute approximate surface area is 195 Å². The van der Waals surface area contributed by atoms with E-state index in [-0.39, 0.29) is 29.9 Å². The van der Waals surface area contributed by atoms with Crippen molar-refractivity contribution in [1.29, 1.82) is 0 Å². The molecule has 0 saturated carbocycles. The van der Waals surface area contributed by atoms with Gasteiger partial charge in [-0.3, -0.25) is 0 Å². The van der Waals surface area contributed by atoms with Gasteiger partial charge < -0.3 is 9.47 Å². The van der Waals surface area contributed by atoms with Crippen molar-refractivity contribution in [3.63, 3.8) is 0 Å². The third-order valence-corrected chi connectivity index (χ3v) is 6.89. The third kappa shape index (κ3) is 6.28. The summed E-state index contributed by atoms with van der Waals surface area (Å²) in [4.78, 5) is 12.5. The van der Waals surface area contributed by atoms with Crippen molar-refractivity contribution in [2.24, 2.45) is 16.1 Å². The minimum atomic E-state index is -4.38. The van der Waals surface area contributed by atoms with Crippen LogP contribution in [0.25, 0.3) is 0 Å². The Bertz CT molecular complexity index is 983. The smallest absolute Gasteiger partial charge is 0.416 e. The summed E-state index contributed by atoms with van der Waals surface area (Å²) in [6.07, 6.45) is -4.38. The number of thioether (sulfide) groups is 1. The Morgan fingerprint density at radius 3 is 2.27 bits per heavy atom. The lowest BCUT2D eigenvalue weighted by Gasteiger charge is -2.28. The molecule has 0 aromatic heterocycles. The quantitative estimate of drug-likeness (QED) is 0.314. The standard InChI is InChI=1S/C24H27F3N2O3S/c1-5-31-21(30)13-32-20-11-10-19(12-14(20)2)33-23(22-15(3)28-29-16(22)4)17-6-8-18(9-7-17)24(25,26)27/h6-12,15-16,22-23H,5,13H2,1-4H3. The Morgan fingerprint density at radius 1 is 1.09 bits per heavy atom. The average Bonchev–Trinajstić information content (AvgIpc) is 3.09. The molecule has 2 aromatic carbocycles. The number of esters is 1. The molecule has 3 rings (SSSR count). The van der Waals surface area contributed by atoms with Crippen molar-refractivity contribution in [2.75, 3.05) is 13.2 Å². The van der Waals surface area contributed by atoms with E-state index in [2.05, 4.69) is 10.2 Å². The average molecular weight is 481 g/mol. The van der Waals surface area contributed by atoms with Crippen molar-refractivity contribution < 1.29 is 27.4 Å². The minimum absolute atomic E-state index is 0.0341. The fraction of sp³-hybridized carbons (Fsp3) is 0.458. The molecular formula is C24H27F3N2O3S. The van der Waals surface area contributed by atoms with Crippen LogP contribution in [-0.2, 0) is 15.7 Å². The van der Waals surface area contributed by atoms with E-state index in [4.69, 9.17) is 9.47 Å². The van der Waals surface area contributed by atoms with Crippen molar-refractivity contribution in [2.45, 2.75) is 56.1 Å². The zero-order chi connectivity index (χ0) is 24.2. The number of hydrogen-bond acceptors (Lipinski definition) is 6. The highest BCUT2D eigenvalue weighted by Crippen LogP contribution is 2.47. The minimum Gasteiger partial charge on any atom is -0.482 e. The molecule has 1 aliphatic heterocycles. The summed E-state index contributed by atoms with van der Waals surface area (Å²) in [6, 6.07) is 10.9. The highest BCUT2D eigenvalue weighted by molar-refractivity contribution is 7.99. The van der Waals surface area contributed by atoms with Crippen LogP contribution in [-0.4, -0.2) is 31.3 Å². The second-order valence-electron chi connectivity index (χ2n) is 7.97. The first-order valence-corrected chi connectivity index (χ1v) is 11.6. The van der Waals surface area contributed by atoms with Gasteiger partial charge in [0.15, 0.2) is 6.61 Å². The molecule has 9 heteroatoms. The van der Waals surface area contributed by atoms with Gasteiger partial charge in [-0.1, -0.05) is 12.1 Å². The van der Waals surface area contributed by atoms with Crippen LogP contribution < -0.4 is 4.74 Å². The highest BCUT2D eigenvalue weighted by atomic mass is 32.2. The maximum absolute atomic E-state index is 13.1. The summed E-state index contributed by atoms with van der Waals surface area (Å²) in [5.74, 6) is 0.173. The molecule has 3 unspecified atom stereocenters. The normalized spacial score (nSPS) is 21.1. The van der Waals surface area contributed by atoms with Gasteiger partial charge in [-0.25, -0.2) is 4.79 Å². The molecule has 2 aromatic rings. The van der Waals surface area contributed by atoms with Gasteiger partial charge in [0, 0.05) is 16.1 Å². The van der Waals surface area contributed by atoms with Crippen LogP contribution in [0.5, 0.6) is 5.75 Å². The molecule has 0 N–H and O–H groups in total. The molecular weight excluding hydrogens is 453 g/mol. The number of ether oxygens (including phenoxy) is 2. The molecule has 0 saturated heterocycles. The van der Waals surface area contributed by atoms with Crippen molar-refractivity contribution in [3.05, 3.63) is 59.2 Å². The summed E-state index contributed by atoms with van der Waals surface area (Å²) >= 11 is 1.57. The topological polar surface area (TPSA) is 60.2 Å². The van der Waals surface area contributed by atoms with Gasteiger partial charge in [0.2, 0.25) is 0 Å². The van der Waals surface area contributed by atoms with E-state index < -0.39 is 17.7 Å². The number of rotatable bonds is 8. The van der Waals surface area contributed by atoms with Crippen molar-refractivity contribution >= 4 is 17.7 Å². The monoisotopic (exact) mass is 480 g/mol. The fourth-order valence-corrected chi connectivity index (χ4v) is 5.44. The first-order chi connectivity index (χ1) is 15.6. The number of alkyl halides is 3. The van der Waals surface area contributed by atoms with E-state index in [1.165, 1.54) is 0 Å². The number of hydrogen-bond donors (Lipinski definition) is 0. The molecule has 0 spiro atoms. The van der Waals surface area contributed by atoms with Crippen molar-refractivity contribution in [3.8, 4) is 5.75 Å². The molecule has 1 heterocycles. The summed E-state index contributed by atoms with van der Waals surface area (Å²) in [7, 11) is 0. The Kier molecular flexibility index (Phi) is 8.05. The molecule has 0 radical (unpaired) electrons. The van der Waals surface area contributed by atoms with Gasteiger partial charge in [0.25, 0.3) is 0 Å². The van der Waals surface area contributed by atoms with Gasteiger partial charge in [0.1, 0.15) is 5.75 Å². The Morgan fingerprint density at radius 2 is 1.73 bits per heavy atom. The molecule has 33 heavy (non-hydrogen) atoms. The van der Waals surface area contributed by atoms with Gasteiger partial charge in [0.05, 0.1) is 24.3 Å². The predicted molar refractivity (Wildman–Crippen MR) is 121 cm³/mol. The first-order valence-electron chi connectivity index (χ1n) is 10.7. The maximum Gasteiger partial charge on any atom is 0.416 e. The van der Waals surface area contributed by atoms with Crippen LogP contribution in [0.4, 0.5) is 13.2 Å². The van der Waals surface area contributed by atoms with Gasteiger partial charge in [-0.2, -0.15) is 23.4 Å². The number of aryl methyl sites for hydroxylation is 1. The SMILES string of the molecule is CCOC(=O)COc1ccc(SC(c2ccc(C(F)(F)F)cc2)C2C(C)N=NC2C)cc1C. The molecule has 0 amide bonds. The van der Waals surface area contributed by atoms with E-state index >= 15 is 0 Å². The van der Waals surface area contributed by atoms with Crippen LogP contribution in [0.1, 0.15) is 42.7 Å². The summed E-state index contributed by atoms with van der Waals surface area (Å²) in [5, 5.41) is 8.46. The molecule has 0 aliphatic carbocycles. The molecule has 1 aliphatic rings. The first kappa shape index (κ1) is 25.1. The number of benzene rings is 2. The number of carbonyl (C=O) groups is 1. The van der Waals surface area contributed by atoms with Gasteiger partial charge in [-0.15, -0.1) is 11.8 Å². The second-order valence-corrected chi connectivity index (χ2v) is 9.18. The second kappa shape index (κ2) is 10.6.